The third kappa shape index (κ3) is 3.22. The summed E-state index contributed by atoms with van der Waals surface area (Å²) in [6.45, 7) is 1.74. The molecule has 1 amide bonds. The number of carbonyl (C=O) groups excluding carboxylic acids is 3. The number of amides is 1. The lowest BCUT2D eigenvalue weighted by atomic mass is 9.62. The van der Waals surface area contributed by atoms with Crippen LogP contribution in [-0.4, -0.2) is 83.8 Å². The van der Waals surface area contributed by atoms with Crippen molar-refractivity contribution in [2.24, 2.45) is 11.1 Å². The summed E-state index contributed by atoms with van der Waals surface area (Å²) in [6, 6.07) is 0.523. The molecule has 1 aromatic carbocycles. The summed E-state index contributed by atoms with van der Waals surface area (Å²) in [5.41, 5.74) is 6.87. The summed E-state index contributed by atoms with van der Waals surface area (Å²) in [5.74, 6) is -5.96. The van der Waals surface area contributed by atoms with Gasteiger partial charge < -0.3 is 20.2 Å². The number of aliphatic hydroxyl groups excluding tert-OH is 2. The summed E-state index contributed by atoms with van der Waals surface area (Å²) in [4.78, 5) is 49.8. The second kappa shape index (κ2) is 8.83. The molecule has 5 rings (SSSR count). The van der Waals surface area contributed by atoms with Gasteiger partial charge in [-0.05, 0) is 18.6 Å². The van der Waals surface area contributed by atoms with E-state index in [1.165, 1.54) is 18.3 Å². The van der Waals surface area contributed by atoms with E-state index < -0.39 is 59.6 Å². The van der Waals surface area contributed by atoms with Crippen LogP contribution in [0.5, 0.6) is 0 Å². The molecule has 5 atom stereocenters. The number of likely N-dealkylation sites (N-methyl/N-ethyl adjacent to an activating group) is 1. The molecule has 2 aliphatic carbocycles. The first-order chi connectivity index (χ1) is 18.0. The zero-order chi connectivity index (χ0) is 27.7. The molecule has 0 saturated heterocycles. The zero-order valence-electron chi connectivity index (χ0n) is 20.2. The lowest BCUT2D eigenvalue weighted by Crippen LogP contribution is -2.66. The monoisotopic (exact) mass is 553 g/mol. The molecule has 1 aromatic heterocycles. The highest BCUT2D eigenvalue weighted by atomic mass is 32.1. The van der Waals surface area contributed by atoms with Gasteiger partial charge in [-0.1, -0.05) is 17.4 Å². The molecule has 0 spiro atoms. The Morgan fingerprint density at radius 2 is 2.13 bits per heavy atom. The van der Waals surface area contributed by atoms with Crippen molar-refractivity contribution in [1.29, 1.82) is 5.53 Å². The van der Waals surface area contributed by atoms with Crippen LogP contribution in [0.1, 0.15) is 17.5 Å². The summed E-state index contributed by atoms with van der Waals surface area (Å²) < 4.78 is 0. The normalized spacial score (nSPS) is 27.4. The van der Waals surface area contributed by atoms with Gasteiger partial charge in [0.15, 0.2) is 22.3 Å². The van der Waals surface area contributed by atoms with Crippen molar-refractivity contribution in [3.8, 4) is 0 Å². The quantitative estimate of drug-likeness (QED) is 0.121. The Hall–Kier alpha value is -3.93. The molecule has 194 valence electrons. The molecule has 3 unspecified atom stereocenters. The number of hydrogen-bond donors (Lipinski definition) is 5. The first-order valence-electron chi connectivity index (χ1n) is 11.4. The number of aromatic nitrogens is 2. The first kappa shape index (κ1) is 25.7. The molecule has 3 aliphatic rings. The SMILES string of the molecule is C=[P+]1c2cc3cncnc3c(C)c2C(O)=C2C(=O)[C@]3(O)C(O)=C(C(=O)NN=N)C(=O)[C@@H](N(C)C=S)C3CC21. The molecule has 0 bridgehead atoms. The molecule has 5 N–H and O–H groups in total. The molecule has 14 heteroatoms. The summed E-state index contributed by atoms with van der Waals surface area (Å²) in [7, 11) is 0.0523. The average molecular weight is 554 g/mol. The average Bonchev–Trinajstić information content (AvgIpc) is 2.89. The largest absolute Gasteiger partial charge is 0.508 e. The van der Waals surface area contributed by atoms with Gasteiger partial charge in [0.1, 0.15) is 31.0 Å². The molecule has 1 fully saturated rings. The standard InChI is InChI=1S/C24H21N6O6PS/c1-9-14-12(4-10-6-26-7-27-17(9)10)37(3)13-5-11-18(30(2)8-38)20(32)16(23(35)28-29-25)22(34)24(11,36)21(33)15(13)19(14)31/h4,6-8,11,13,18,36H,3,5H2,1-2H3,(H3-,25,28,31,32,33,34,35)/p+1/t11?,13?,18-,24-/m0/s1. The molecule has 1 aliphatic heterocycles. The number of aliphatic hydroxyl groups is 3. The lowest BCUT2D eigenvalue weighted by Gasteiger charge is -2.48. The molecule has 1 saturated carbocycles. The van der Waals surface area contributed by atoms with Crippen molar-refractivity contribution in [2.45, 2.75) is 30.6 Å². The number of benzene rings is 1. The van der Waals surface area contributed by atoms with Crippen LogP contribution >= 0.6 is 19.8 Å². The van der Waals surface area contributed by atoms with Crippen molar-refractivity contribution in [3.05, 3.63) is 46.6 Å². The number of carbonyl (C=O) groups is 3. The van der Waals surface area contributed by atoms with Crippen LogP contribution in [-0.2, 0) is 14.4 Å². The highest BCUT2D eigenvalue weighted by Crippen LogP contribution is 2.55. The lowest BCUT2D eigenvalue weighted by molar-refractivity contribution is -0.150. The Balaban J connectivity index is 1.79. The summed E-state index contributed by atoms with van der Waals surface area (Å²) in [5, 5.41) is 38.6. The van der Waals surface area contributed by atoms with Gasteiger partial charge in [0.05, 0.1) is 34.5 Å². The number of rotatable bonds is 4. The fourth-order valence-electron chi connectivity index (χ4n) is 5.86. The fraction of sp³-hybridized carbons (Fsp3) is 0.292. The predicted octanol–water partition coefficient (Wildman–Crippen LogP) is 1.16. The van der Waals surface area contributed by atoms with E-state index in [9.17, 15) is 29.7 Å². The second-order valence-corrected chi connectivity index (χ2v) is 11.7. The van der Waals surface area contributed by atoms with Crippen LogP contribution in [0.4, 0.5) is 0 Å². The molecular formula is C24H22N6O6PS+. The predicted molar refractivity (Wildman–Crippen MR) is 143 cm³/mol. The molecule has 2 aromatic rings. The van der Waals surface area contributed by atoms with Gasteiger partial charge in [-0.3, -0.25) is 14.4 Å². The van der Waals surface area contributed by atoms with Crippen molar-refractivity contribution in [3.63, 3.8) is 0 Å². The number of nitrogens with zero attached hydrogens (tertiary/aromatic N) is 4. The number of Topliss-reactive ketones (excluding diaryl/α,β-unsaturated/α-hetero) is 2. The number of fused-ring (bicyclic) bond motifs is 4. The minimum atomic E-state index is -2.74. The number of hydrogen-bond acceptors (Lipinski definition) is 11. The molecular weight excluding hydrogens is 531 g/mol. The number of nitrogens with one attached hydrogen (secondary N) is 2. The minimum absolute atomic E-state index is 0.0235. The Bertz CT molecular complexity index is 1590. The van der Waals surface area contributed by atoms with Gasteiger partial charge >= 0.3 is 0 Å². The fourth-order valence-corrected chi connectivity index (χ4v) is 8.22. The summed E-state index contributed by atoms with van der Waals surface area (Å²) in [6.07, 6.45) is 7.33. The number of aryl methyl sites for hydroxylation is 1. The second-order valence-electron chi connectivity index (χ2n) is 9.40. The Morgan fingerprint density at radius 1 is 1.42 bits per heavy atom. The minimum Gasteiger partial charge on any atom is -0.508 e. The van der Waals surface area contributed by atoms with Crippen LogP contribution in [0.25, 0.3) is 16.7 Å². The van der Waals surface area contributed by atoms with Crippen LogP contribution in [0.15, 0.2) is 40.7 Å². The van der Waals surface area contributed by atoms with Crippen LogP contribution in [0.2, 0.25) is 0 Å². The number of ketones is 2. The van der Waals surface area contributed by atoms with Gasteiger partial charge in [0, 0.05) is 31.0 Å². The third-order valence-corrected chi connectivity index (χ3v) is 10.1. The topological polar surface area (TPSA) is 189 Å². The van der Waals surface area contributed by atoms with Gasteiger partial charge in [0.2, 0.25) is 5.78 Å². The molecule has 12 nitrogen and oxygen atoms in total. The van der Waals surface area contributed by atoms with E-state index in [0.717, 1.165) is 10.9 Å². The molecule has 0 radical (unpaired) electrons. The third-order valence-electron chi connectivity index (χ3n) is 7.62. The van der Waals surface area contributed by atoms with E-state index in [-0.39, 0.29) is 17.8 Å². The molecule has 38 heavy (non-hydrogen) atoms. The van der Waals surface area contributed by atoms with E-state index in [0.29, 0.717) is 21.9 Å². The van der Waals surface area contributed by atoms with Gasteiger partial charge in [-0.2, -0.15) is 5.53 Å². The van der Waals surface area contributed by atoms with E-state index in [2.05, 4.69) is 21.5 Å². The highest BCUT2D eigenvalue weighted by molar-refractivity contribution is 7.78. The Kier molecular flexibility index (Phi) is 5.97. The van der Waals surface area contributed by atoms with Crippen molar-refractivity contribution in [2.75, 3.05) is 7.05 Å². The van der Waals surface area contributed by atoms with Crippen LogP contribution in [0.3, 0.4) is 0 Å². The van der Waals surface area contributed by atoms with E-state index in [1.54, 1.807) is 18.5 Å². The first-order valence-corrected chi connectivity index (χ1v) is 13.4. The maximum Gasteiger partial charge on any atom is 0.279 e. The zero-order valence-corrected chi connectivity index (χ0v) is 21.9. The Labute approximate surface area is 221 Å². The van der Waals surface area contributed by atoms with Crippen molar-refractivity contribution < 1.29 is 29.7 Å². The van der Waals surface area contributed by atoms with Crippen molar-refractivity contribution >= 4 is 71.0 Å². The maximum atomic E-state index is 14.1. The smallest absolute Gasteiger partial charge is 0.279 e. The van der Waals surface area contributed by atoms with E-state index >= 15 is 0 Å². The summed E-state index contributed by atoms with van der Waals surface area (Å²) >= 11 is 5.01. The van der Waals surface area contributed by atoms with Crippen LogP contribution < -0.4 is 10.7 Å². The van der Waals surface area contributed by atoms with Gasteiger partial charge in [0.25, 0.3) is 5.91 Å². The van der Waals surface area contributed by atoms with Gasteiger partial charge in [-0.15, -0.1) is 0 Å². The van der Waals surface area contributed by atoms with E-state index in [1.807, 2.05) is 6.07 Å². The van der Waals surface area contributed by atoms with Crippen LogP contribution in [0, 0.1) is 18.4 Å². The molecule has 2 heterocycles. The van der Waals surface area contributed by atoms with Gasteiger partial charge in [-0.25, -0.2) is 15.4 Å². The van der Waals surface area contributed by atoms with E-state index in [4.69, 9.17) is 17.7 Å². The highest BCUT2D eigenvalue weighted by Gasteiger charge is 2.67. The van der Waals surface area contributed by atoms with Crippen molar-refractivity contribution in [1.82, 2.24) is 20.3 Å². The Morgan fingerprint density at radius 3 is 2.79 bits per heavy atom. The number of thiocarbonyl (C=S) groups is 1. The maximum absolute atomic E-state index is 14.1.